The predicted molar refractivity (Wildman–Crippen MR) is 76.1 cm³/mol. The van der Waals surface area contributed by atoms with Crippen LogP contribution in [-0.4, -0.2) is 35.6 Å². The molecule has 1 heterocycles. The summed E-state index contributed by atoms with van der Waals surface area (Å²) >= 11 is 0. The van der Waals surface area contributed by atoms with Crippen molar-refractivity contribution >= 4 is 5.97 Å². The number of aliphatic carboxylic acids is 1. The standard InChI is InChI=1S/C16H22FNO2/c17-15-5-3-13(4-6-15)12-14-7-10-18(11-8-14)9-1-2-16(19)20/h3-6,14H,1-2,7-12H2,(H,19,20). The van der Waals surface area contributed by atoms with Gasteiger partial charge in [-0.15, -0.1) is 0 Å². The van der Waals surface area contributed by atoms with Gasteiger partial charge < -0.3 is 10.0 Å². The first-order chi connectivity index (χ1) is 9.63. The van der Waals surface area contributed by atoms with Crippen molar-refractivity contribution in [3.63, 3.8) is 0 Å². The van der Waals surface area contributed by atoms with Gasteiger partial charge in [-0.05, 0) is 68.9 Å². The van der Waals surface area contributed by atoms with Crippen molar-refractivity contribution in [2.75, 3.05) is 19.6 Å². The zero-order valence-electron chi connectivity index (χ0n) is 11.7. The van der Waals surface area contributed by atoms with E-state index in [2.05, 4.69) is 4.90 Å². The maximum atomic E-state index is 12.8. The molecule has 20 heavy (non-hydrogen) atoms. The molecule has 4 heteroatoms. The van der Waals surface area contributed by atoms with E-state index in [9.17, 15) is 9.18 Å². The highest BCUT2D eigenvalue weighted by molar-refractivity contribution is 5.66. The third-order valence-electron chi connectivity index (χ3n) is 4.01. The van der Waals surface area contributed by atoms with Gasteiger partial charge in [0.25, 0.3) is 0 Å². The van der Waals surface area contributed by atoms with Gasteiger partial charge in [-0.25, -0.2) is 4.39 Å². The molecule has 1 aliphatic rings. The molecule has 0 aliphatic carbocycles. The van der Waals surface area contributed by atoms with Gasteiger partial charge in [0.2, 0.25) is 0 Å². The molecule has 0 radical (unpaired) electrons. The highest BCUT2D eigenvalue weighted by atomic mass is 19.1. The van der Waals surface area contributed by atoms with Gasteiger partial charge >= 0.3 is 5.97 Å². The summed E-state index contributed by atoms with van der Waals surface area (Å²) in [5.74, 6) is -0.227. The van der Waals surface area contributed by atoms with Crippen LogP contribution in [0.4, 0.5) is 4.39 Å². The quantitative estimate of drug-likeness (QED) is 0.870. The van der Waals surface area contributed by atoms with Crippen LogP contribution in [0.3, 0.4) is 0 Å². The molecular weight excluding hydrogens is 257 g/mol. The molecule has 1 saturated heterocycles. The lowest BCUT2D eigenvalue weighted by Crippen LogP contribution is -2.35. The fraction of sp³-hybridized carbons (Fsp3) is 0.562. The maximum absolute atomic E-state index is 12.8. The minimum atomic E-state index is -0.712. The molecule has 110 valence electrons. The molecule has 2 rings (SSSR count). The van der Waals surface area contributed by atoms with Crippen LogP contribution in [0, 0.1) is 11.7 Å². The molecular formula is C16H22FNO2. The van der Waals surface area contributed by atoms with E-state index in [-0.39, 0.29) is 12.2 Å². The Labute approximate surface area is 119 Å². The van der Waals surface area contributed by atoms with Crippen molar-refractivity contribution in [3.05, 3.63) is 35.6 Å². The van der Waals surface area contributed by atoms with E-state index in [0.717, 1.165) is 45.3 Å². The van der Waals surface area contributed by atoms with Crippen LogP contribution < -0.4 is 0 Å². The Morgan fingerprint density at radius 3 is 2.50 bits per heavy atom. The fourth-order valence-corrected chi connectivity index (χ4v) is 2.82. The summed E-state index contributed by atoms with van der Waals surface area (Å²) in [7, 11) is 0. The Kier molecular flexibility index (Phi) is 5.53. The summed E-state index contributed by atoms with van der Waals surface area (Å²) in [6.45, 7) is 2.98. The molecule has 3 nitrogen and oxygen atoms in total. The van der Waals surface area contributed by atoms with Gasteiger partial charge in [0.15, 0.2) is 0 Å². The van der Waals surface area contributed by atoms with Crippen LogP contribution in [0.5, 0.6) is 0 Å². The summed E-state index contributed by atoms with van der Waals surface area (Å²) in [5, 5.41) is 8.62. The summed E-state index contributed by atoms with van der Waals surface area (Å²) in [5.41, 5.74) is 1.20. The van der Waals surface area contributed by atoms with Crippen molar-refractivity contribution in [1.82, 2.24) is 4.90 Å². The zero-order chi connectivity index (χ0) is 14.4. The van der Waals surface area contributed by atoms with Crippen molar-refractivity contribution in [3.8, 4) is 0 Å². The first-order valence-electron chi connectivity index (χ1n) is 7.32. The molecule has 0 saturated carbocycles. The number of carbonyl (C=O) groups is 1. The molecule has 1 fully saturated rings. The minimum Gasteiger partial charge on any atom is -0.481 e. The van der Waals surface area contributed by atoms with E-state index in [1.807, 2.05) is 12.1 Å². The molecule has 0 bridgehead atoms. The zero-order valence-corrected chi connectivity index (χ0v) is 11.7. The van der Waals surface area contributed by atoms with Crippen LogP contribution in [0.15, 0.2) is 24.3 Å². The number of hydrogen-bond donors (Lipinski definition) is 1. The van der Waals surface area contributed by atoms with E-state index in [0.29, 0.717) is 5.92 Å². The Hall–Kier alpha value is -1.42. The van der Waals surface area contributed by atoms with Crippen LogP contribution in [-0.2, 0) is 11.2 Å². The third-order valence-corrected chi connectivity index (χ3v) is 4.01. The summed E-state index contributed by atoms with van der Waals surface area (Å²) in [6.07, 6.45) is 4.30. The van der Waals surface area contributed by atoms with Crippen molar-refractivity contribution in [2.45, 2.75) is 32.1 Å². The van der Waals surface area contributed by atoms with Crippen molar-refractivity contribution < 1.29 is 14.3 Å². The first kappa shape index (κ1) is 15.0. The smallest absolute Gasteiger partial charge is 0.303 e. The fourth-order valence-electron chi connectivity index (χ4n) is 2.82. The Balaban J connectivity index is 1.68. The number of rotatable bonds is 6. The van der Waals surface area contributed by atoms with Crippen molar-refractivity contribution in [1.29, 1.82) is 0 Å². The SMILES string of the molecule is O=C(O)CCCN1CCC(Cc2ccc(F)cc2)CC1. The Bertz CT molecular complexity index is 425. The number of benzene rings is 1. The van der Waals surface area contributed by atoms with E-state index in [1.165, 1.54) is 17.7 Å². The monoisotopic (exact) mass is 279 g/mol. The van der Waals surface area contributed by atoms with Crippen LogP contribution >= 0.6 is 0 Å². The van der Waals surface area contributed by atoms with E-state index < -0.39 is 5.97 Å². The summed E-state index contributed by atoms with van der Waals surface area (Å²) in [4.78, 5) is 12.8. The lowest BCUT2D eigenvalue weighted by molar-refractivity contribution is -0.137. The molecule has 0 amide bonds. The lowest BCUT2D eigenvalue weighted by atomic mass is 9.90. The number of likely N-dealkylation sites (tertiary alicyclic amines) is 1. The van der Waals surface area contributed by atoms with E-state index in [1.54, 1.807) is 0 Å². The predicted octanol–water partition coefficient (Wildman–Crippen LogP) is 2.95. The number of carboxylic acids is 1. The molecule has 0 atom stereocenters. The van der Waals surface area contributed by atoms with Gasteiger partial charge in [-0.3, -0.25) is 4.79 Å². The number of carboxylic acid groups (broad SMARTS) is 1. The molecule has 1 aliphatic heterocycles. The largest absolute Gasteiger partial charge is 0.481 e. The molecule has 0 spiro atoms. The Morgan fingerprint density at radius 2 is 1.90 bits per heavy atom. The van der Waals surface area contributed by atoms with Gasteiger partial charge in [0.1, 0.15) is 5.82 Å². The van der Waals surface area contributed by atoms with Crippen LogP contribution in [0.1, 0.15) is 31.2 Å². The topological polar surface area (TPSA) is 40.5 Å². The minimum absolute atomic E-state index is 0.179. The average Bonchev–Trinajstić information content (AvgIpc) is 2.43. The first-order valence-corrected chi connectivity index (χ1v) is 7.32. The van der Waals surface area contributed by atoms with Crippen LogP contribution in [0.25, 0.3) is 0 Å². The molecule has 1 aromatic carbocycles. The second kappa shape index (κ2) is 7.39. The van der Waals surface area contributed by atoms with Gasteiger partial charge in [-0.1, -0.05) is 12.1 Å². The molecule has 1 N–H and O–H groups in total. The van der Waals surface area contributed by atoms with E-state index in [4.69, 9.17) is 5.11 Å². The van der Waals surface area contributed by atoms with Gasteiger partial charge in [-0.2, -0.15) is 0 Å². The highest BCUT2D eigenvalue weighted by Crippen LogP contribution is 2.22. The number of piperidine rings is 1. The Morgan fingerprint density at radius 1 is 1.25 bits per heavy atom. The van der Waals surface area contributed by atoms with Crippen LogP contribution in [0.2, 0.25) is 0 Å². The second-order valence-electron chi connectivity index (χ2n) is 5.61. The summed E-state index contributed by atoms with van der Waals surface area (Å²) in [6, 6.07) is 6.79. The summed E-state index contributed by atoms with van der Waals surface area (Å²) < 4.78 is 12.8. The number of hydrogen-bond acceptors (Lipinski definition) is 2. The normalized spacial score (nSPS) is 17.2. The average molecular weight is 279 g/mol. The number of halogens is 1. The molecule has 0 aromatic heterocycles. The highest BCUT2D eigenvalue weighted by Gasteiger charge is 2.19. The maximum Gasteiger partial charge on any atom is 0.303 e. The van der Waals surface area contributed by atoms with Gasteiger partial charge in [0.05, 0.1) is 0 Å². The molecule has 1 aromatic rings. The number of nitrogens with zero attached hydrogens (tertiary/aromatic N) is 1. The van der Waals surface area contributed by atoms with Gasteiger partial charge in [0, 0.05) is 6.42 Å². The lowest BCUT2D eigenvalue weighted by Gasteiger charge is -2.31. The molecule has 0 unspecified atom stereocenters. The second-order valence-corrected chi connectivity index (χ2v) is 5.61. The third kappa shape index (κ3) is 4.93. The van der Waals surface area contributed by atoms with Crippen molar-refractivity contribution in [2.24, 2.45) is 5.92 Å². The van der Waals surface area contributed by atoms with E-state index >= 15 is 0 Å².